The smallest absolute Gasteiger partial charge is 0.123 e. The number of nitrogens with zero attached hydrogens (tertiary/aromatic N) is 2. The zero-order chi connectivity index (χ0) is 15.4. The van der Waals surface area contributed by atoms with Gasteiger partial charge in [-0.05, 0) is 63.2 Å². The van der Waals surface area contributed by atoms with Gasteiger partial charge in [0, 0.05) is 25.2 Å². The van der Waals surface area contributed by atoms with Gasteiger partial charge in [0.15, 0.2) is 0 Å². The Morgan fingerprint density at radius 2 is 2.24 bits per heavy atom. The molecule has 118 valence electrons. The van der Waals surface area contributed by atoms with E-state index in [2.05, 4.69) is 23.8 Å². The summed E-state index contributed by atoms with van der Waals surface area (Å²) in [6.07, 6.45) is 2.55. The maximum absolute atomic E-state index is 13.3. The van der Waals surface area contributed by atoms with E-state index >= 15 is 0 Å². The highest BCUT2D eigenvalue weighted by Gasteiger charge is 2.27. The predicted octanol–water partition coefficient (Wildman–Crippen LogP) is 2.55. The average Bonchev–Trinajstić information content (AvgIpc) is 2.89. The SMILES string of the molecule is CCN1CCCC1CN(C)C(CN)c1ccc(F)cc1C. The number of nitrogens with two attached hydrogens (primary N) is 1. The molecule has 0 radical (unpaired) electrons. The molecule has 0 aliphatic carbocycles. The van der Waals surface area contributed by atoms with E-state index in [1.165, 1.54) is 25.5 Å². The summed E-state index contributed by atoms with van der Waals surface area (Å²) < 4.78 is 13.3. The minimum absolute atomic E-state index is 0.157. The van der Waals surface area contributed by atoms with Crippen LogP contribution in [0.2, 0.25) is 0 Å². The topological polar surface area (TPSA) is 32.5 Å². The van der Waals surface area contributed by atoms with E-state index in [1.54, 1.807) is 6.07 Å². The monoisotopic (exact) mass is 293 g/mol. The van der Waals surface area contributed by atoms with E-state index in [-0.39, 0.29) is 11.9 Å². The minimum atomic E-state index is -0.178. The van der Waals surface area contributed by atoms with Gasteiger partial charge in [-0.1, -0.05) is 13.0 Å². The molecule has 1 aromatic carbocycles. The number of halogens is 1. The molecule has 21 heavy (non-hydrogen) atoms. The summed E-state index contributed by atoms with van der Waals surface area (Å²) >= 11 is 0. The summed E-state index contributed by atoms with van der Waals surface area (Å²) in [5, 5.41) is 0. The molecule has 0 bridgehead atoms. The first-order valence-electron chi connectivity index (χ1n) is 7.97. The highest BCUT2D eigenvalue weighted by atomic mass is 19.1. The third kappa shape index (κ3) is 3.82. The Bertz CT molecular complexity index is 463. The number of rotatable bonds is 6. The van der Waals surface area contributed by atoms with E-state index in [1.807, 2.05) is 13.0 Å². The molecule has 2 rings (SSSR count). The lowest BCUT2D eigenvalue weighted by atomic mass is 9.99. The predicted molar refractivity (Wildman–Crippen MR) is 85.8 cm³/mol. The van der Waals surface area contributed by atoms with Crippen LogP contribution < -0.4 is 5.73 Å². The first-order valence-corrected chi connectivity index (χ1v) is 7.97. The van der Waals surface area contributed by atoms with Crippen LogP contribution >= 0.6 is 0 Å². The van der Waals surface area contributed by atoms with Crippen molar-refractivity contribution in [2.45, 2.75) is 38.8 Å². The molecule has 3 nitrogen and oxygen atoms in total. The van der Waals surface area contributed by atoms with E-state index < -0.39 is 0 Å². The summed E-state index contributed by atoms with van der Waals surface area (Å²) in [4.78, 5) is 4.88. The van der Waals surface area contributed by atoms with Crippen molar-refractivity contribution in [3.05, 3.63) is 35.1 Å². The molecule has 2 atom stereocenters. The quantitative estimate of drug-likeness (QED) is 0.875. The van der Waals surface area contributed by atoms with Gasteiger partial charge in [0.25, 0.3) is 0 Å². The first kappa shape index (κ1) is 16.4. The minimum Gasteiger partial charge on any atom is -0.329 e. The van der Waals surface area contributed by atoms with Crippen molar-refractivity contribution >= 4 is 0 Å². The zero-order valence-electron chi connectivity index (χ0n) is 13.5. The second-order valence-electron chi connectivity index (χ2n) is 6.12. The Morgan fingerprint density at radius 1 is 1.48 bits per heavy atom. The molecule has 1 aromatic rings. The van der Waals surface area contributed by atoms with Gasteiger partial charge in [0.2, 0.25) is 0 Å². The van der Waals surface area contributed by atoms with Crippen molar-refractivity contribution in [1.82, 2.24) is 9.80 Å². The number of hydrogen-bond acceptors (Lipinski definition) is 3. The number of likely N-dealkylation sites (N-methyl/N-ethyl adjacent to an activating group) is 2. The van der Waals surface area contributed by atoms with Crippen LogP contribution in [0.1, 0.15) is 36.9 Å². The molecule has 0 spiro atoms. The number of likely N-dealkylation sites (tertiary alicyclic amines) is 1. The van der Waals surface area contributed by atoms with Crippen LogP contribution in [0.3, 0.4) is 0 Å². The number of hydrogen-bond donors (Lipinski definition) is 1. The van der Waals surface area contributed by atoms with Crippen molar-refractivity contribution in [3.8, 4) is 0 Å². The van der Waals surface area contributed by atoms with E-state index in [0.717, 1.165) is 24.2 Å². The van der Waals surface area contributed by atoms with Crippen LogP contribution in [0.25, 0.3) is 0 Å². The average molecular weight is 293 g/mol. The molecule has 1 fully saturated rings. The molecular weight excluding hydrogens is 265 g/mol. The highest BCUT2D eigenvalue weighted by molar-refractivity contribution is 5.30. The summed E-state index contributed by atoms with van der Waals surface area (Å²) in [6.45, 7) is 8.08. The summed E-state index contributed by atoms with van der Waals surface area (Å²) in [5.74, 6) is -0.178. The lowest BCUT2D eigenvalue weighted by Gasteiger charge is -2.33. The summed E-state index contributed by atoms with van der Waals surface area (Å²) in [5.41, 5.74) is 8.13. The summed E-state index contributed by atoms with van der Waals surface area (Å²) in [7, 11) is 2.13. The van der Waals surface area contributed by atoms with Gasteiger partial charge in [0.05, 0.1) is 0 Å². The Morgan fingerprint density at radius 3 is 2.86 bits per heavy atom. The van der Waals surface area contributed by atoms with E-state index in [9.17, 15) is 4.39 Å². The van der Waals surface area contributed by atoms with Crippen molar-refractivity contribution < 1.29 is 4.39 Å². The molecule has 4 heteroatoms. The van der Waals surface area contributed by atoms with Crippen molar-refractivity contribution in [3.63, 3.8) is 0 Å². The lowest BCUT2D eigenvalue weighted by molar-refractivity contribution is 0.165. The van der Waals surface area contributed by atoms with Gasteiger partial charge in [-0.2, -0.15) is 0 Å². The fraction of sp³-hybridized carbons (Fsp3) is 0.647. The van der Waals surface area contributed by atoms with Crippen molar-refractivity contribution in [2.75, 3.05) is 33.2 Å². The van der Waals surface area contributed by atoms with Gasteiger partial charge in [-0.3, -0.25) is 9.80 Å². The maximum Gasteiger partial charge on any atom is 0.123 e. The second-order valence-corrected chi connectivity index (χ2v) is 6.12. The molecule has 2 N–H and O–H groups in total. The Labute approximate surface area is 127 Å². The van der Waals surface area contributed by atoms with Gasteiger partial charge in [-0.25, -0.2) is 4.39 Å². The standard InChI is InChI=1S/C17H28FN3/c1-4-21-9-5-6-15(21)12-20(3)17(11-19)16-8-7-14(18)10-13(16)2/h7-8,10,15,17H,4-6,9,11-12,19H2,1-3H3. The highest BCUT2D eigenvalue weighted by Crippen LogP contribution is 2.25. The van der Waals surface area contributed by atoms with Crippen LogP contribution in [-0.4, -0.2) is 49.1 Å². The number of benzene rings is 1. The first-order chi connectivity index (χ1) is 10.1. The van der Waals surface area contributed by atoms with Gasteiger partial charge >= 0.3 is 0 Å². The molecular formula is C17H28FN3. The molecule has 0 aromatic heterocycles. The molecule has 1 heterocycles. The summed E-state index contributed by atoms with van der Waals surface area (Å²) in [6, 6.07) is 5.79. The fourth-order valence-corrected chi connectivity index (χ4v) is 3.54. The third-order valence-electron chi connectivity index (χ3n) is 4.75. The molecule has 1 aliphatic rings. The van der Waals surface area contributed by atoms with Crippen LogP contribution in [0.15, 0.2) is 18.2 Å². The van der Waals surface area contributed by atoms with E-state index in [0.29, 0.717) is 12.6 Å². The van der Waals surface area contributed by atoms with Crippen LogP contribution in [0.4, 0.5) is 4.39 Å². The van der Waals surface area contributed by atoms with Gasteiger partial charge < -0.3 is 5.73 Å². The number of aryl methyl sites for hydroxylation is 1. The van der Waals surface area contributed by atoms with Crippen LogP contribution in [-0.2, 0) is 0 Å². The van der Waals surface area contributed by atoms with Gasteiger partial charge in [0.1, 0.15) is 5.82 Å². The molecule has 2 unspecified atom stereocenters. The van der Waals surface area contributed by atoms with Crippen LogP contribution in [0, 0.1) is 12.7 Å². The molecule has 1 aliphatic heterocycles. The Kier molecular flexibility index (Phi) is 5.73. The van der Waals surface area contributed by atoms with Crippen molar-refractivity contribution in [2.24, 2.45) is 5.73 Å². The third-order valence-corrected chi connectivity index (χ3v) is 4.75. The largest absolute Gasteiger partial charge is 0.329 e. The normalized spacial score (nSPS) is 21.1. The Hall–Kier alpha value is -0.970. The zero-order valence-corrected chi connectivity index (χ0v) is 13.5. The van der Waals surface area contributed by atoms with E-state index in [4.69, 9.17) is 5.73 Å². The molecule has 0 saturated carbocycles. The van der Waals surface area contributed by atoms with Crippen molar-refractivity contribution in [1.29, 1.82) is 0 Å². The van der Waals surface area contributed by atoms with Crippen LogP contribution in [0.5, 0.6) is 0 Å². The van der Waals surface area contributed by atoms with Gasteiger partial charge in [-0.15, -0.1) is 0 Å². The molecule has 1 saturated heterocycles. The molecule has 0 amide bonds. The second kappa shape index (κ2) is 7.34. The lowest BCUT2D eigenvalue weighted by Crippen LogP contribution is -2.42. The maximum atomic E-state index is 13.3. The fourth-order valence-electron chi connectivity index (χ4n) is 3.54. The Balaban J connectivity index is 2.09.